The van der Waals surface area contributed by atoms with Crippen molar-refractivity contribution in [2.45, 2.75) is 12.8 Å². The Morgan fingerprint density at radius 2 is 1.90 bits per heavy atom. The van der Waals surface area contributed by atoms with Crippen LogP contribution >= 0.6 is 22.9 Å². The van der Waals surface area contributed by atoms with Gasteiger partial charge in [0.25, 0.3) is 0 Å². The molecule has 0 atom stereocenters. The van der Waals surface area contributed by atoms with Crippen LogP contribution in [0.2, 0.25) is 5.02 Å². The first kappa shape index (κ1) is 19.5. The summed E-state index contributed by atoms with van der Waals surface area (Å²) in [5.74, 6) is -0.211. The molecular formula is C22H16ClN5O2S. The lowest BCUT2D eigenvalue weighted by Gasteiger charge is -2.06. The summed E-state index contributed by atoms with van der Waals surface area (Å²) in [7, 11) is 0. The fourth-order valence-electron chi connectivity index (χ4n) is 3.33. The molecule has 5 rings (SSSR count). The Balaban J connectivity index is 1.35. The molecule has 0 aliphatic heterocycles. The van der Waals surface area contributed by atoms with E-state index in [0.29, 0.717) is 22.9 Å². The molecule has 0 amide bonds. The van der Waals surface area contributed by atoms with Crippen molar-refractivity contribution in [3.8, 4) is 11.1 Å². The summed E-state index contributed by atoms with van der Waals surface area (Å²) in [5.41, 5.74) is 4.59. The normalized spacial score (nSPS) is 11.3. The molecule has 0 aliphatic carbocycles. The van der Waals surface area contributed by atoms with Crippen LogP contribution in [-0.4, -0.2) is 30.7 Å². The molecule has 3 aromatic heterocycles. The second kappa shape index (κ2) is 7.98. The van der Waals surface area contributed by atoms with E-state index in [1.54, 1.807) is 11.3 Å². The number of hydrogen-bond donors (Lipinski definition) is 2. The number of aromatic nitrogens is 4. The van der Waals surface area contributed by atoms with Gasteiger partial charge in [0.15, 0.2) is 10.8 Å². The first-order valence-corrected chi connectivity index (χ1v) is 10.7. The van der Waals surface area contributed by atoms with E-state index < -0.39 is 5.97 Å². The van der Waals surface area contributed by atoms with E-state index in [4.69, 9.17) is 16.7 Å². The Morgan fingerprint density at radius 3 is 2.71 bits per heavy atom. The predicted molar refractivity (Wildman–Crippen MR) is 122 cm³/mol. The van der Waals surface area contributed by atoms with E-state index in [-0.39, 0.29) is 6.42 Å². The van der Waals surface area contributed by atoms with Crippen LogP contribution in [0.5, 0.6) is 0 Å². The molecule has 0 aliphatic rings. The van der Waals surface area contributed by atoms with Gasteiger partial charge in [0.1, 0.15) is 5.82 Å². The van der Waals surface area contributed by atoms with Crippen molar-refractivity contribution in [2.24, 2.45) is 0 Å². The second-order valence-corrected chi connectivity index (χ2v) is 8.45. The SMILES string of the molecule is O=C(O)CCc1nnc2cc(-c3ccc(Nc4nc5ccc(Cl)cc5s4)cc3)ccn12. The van der Waals surface area contributed by atoms with Gasteiger partial charge in [-0.25, -0.2) is 4.98 Å². The summed E-state index contributed by atoms with van der Waals surface area (Å²) in [5, 5.41) is 22.0. The quantitative estimate of drug-likeness (QED) is 0.359. The highest BCUT2D eigenvalue weighted by Crippen LogP contribution is 2.31. The van der Waals surface area contributed by atoms with Gasteiger partial charge in [-0.1, -0.05) is 35.1 Å². The first-order valence-electron chi connectivity index (χ1n) is 9.54. The molecule has 31 heavy (non-hydrogen) atoms. The van der Waals surface area contributed by atoms with Gasteiger partial charge >= 0.3 is 5.97 Å². The zero-order valence-corrected chi connectivity index (χ0v) is 17.7. The largest absolute Gasteiger partial charge is 0.481 e. The van der Waals surface area contributed by atoms with Crippen LogP contribution in [-0.2, 0) is 11.2 Å². The maximum Gasteiger partial charge on any atom is 0.303 e. The number of carboxylic acid groups (broad SMARTS) is 1. The van der Waals surface area contributed by atoms with Gasteiger partial charge in [0.05, 0.1) is 16.6 Å². The topological polar surface area (TPSA) is 92.4 Å². The van der Waals surface area contributed by atoms with Crippen LogP contribution in [0.1, 0.15) is 12.2 Å². The van der Waals surface area contributed by atoms with Gasteiger partial charge in [-0.3, -0.25) is 9.20 Å². The highest BCUT2D eigenvalue weighted by Gasteiger charge is 2.09. The fraction of sp³-hybridized carbons (Fsp3) is 0.0909. The number of fused-ring (bicyclic) bond motifs is 2. The minimum Gasteiger partial charge on any atom is -0.481 e. The number of rotatable bonds is 6. The molecule has 154 valence electrons. The number of aliphatic carboxylic acids is 1. The molecule has 0 saturated heterocycles. The Kier molecular flexibility index (Phi) is 5.01. The van der Waals surface area contributed by atoms with Crippen molar-refractivity contribution < 1.29 is 9.90 Å². The van der Waals surface area contributed by atoms with E-state index in [1.165, 1.54) is 0 Å². The van der Waals surface area contributed by atoms with E-state index >= 15 is 0 Å². The van der Waals surface area contributed by atoms with Gasteiger partial charge in [0, 0.05) is 23.3 Å². The third-order valence-electron chi connectivity index (χ3n) is 4.86. The molecule has 0 bridgehead atoms. The van der Waals surface area contributed by atoms with E-state index in [1.807, 2.05) is 65.2 Å². The zero-order valence-electron chi connectivity index (χ0n) is 16.1. The lowest BCUT2D eigenvalue weighted by molar-refractivity contribution is -0.137. The van der Waals surface area contributed by atoms with Crippen molar-refractivity contribution >= 4 is 55.6 Å². The highest BCUT2D eigenvalue weighted by atomic mass is 35.5. The van der Waals surface area contributed by atoms with Crippen LogP contribution in [0.3, 0.4) is 0 Å². The molecule has 3 heterocycles. The van der Waals surface area contributed by atoms with Gasteiger partial charge < -0.3 is 10.4 Å². The zero-order chi connectivity index (χ0) is 21.4. The van der Waals surface area contributed by atoms with E-state index in [9.17, 15) is 4.79 Å². The molecule has 2 N–H and O–H groups in total. The number of halogens is 1. The Morgan fingerprint density at radius 1 is 1.06 bits per heavy atom. The van der Waals surface area contributed by atoms with Crippen LogP contribution in [0.15, 0.2) is 60.8 Å². The number of nitrogens with one attached hydrogen (secondary N) is 1. The molecule has 9 heteroatoms. The number of benzene rings is 2. The van der Waals surface area contributed by atoms with Crippen LogP contribution < -0.4 is 5.32 Å². The van der Waals surface area contributed by atoms with E-state index in [0.717, 1.165) is 32.2 Å². The maximum atomic E-state index is 10.8. The van der Waals surface area contributed by atoms with Gasteiger partial charge in [-0.15, -0.1) is 10.2 Å². The predicted octanol–water partition coefficient (Wildman–Crippen LogP) is 5.42. The summed E-state index contributed by atoms with van der Waals surface area (Å²) in [6.07, 6.45) is 2.24. The van der Waals surface area contributed by atoms with Crippen molar-refractivity contribution in [1.82, 2.24) is 19.6 Å². The van der Waals surface area contributed by atoms with Gasteiger partial charge in [-0.2, -0.15) is 0 Å². The Hall–Kier alpha value is -3.49. The number of pyridine rings is 1. The lowest BCUT2D eigenvalue weighted by atomic mass is 10.1. The van der Waals surface area contributed by atoms with Crippen molar-refractivity contribution in [3.63, 3.8) is 0 Å². The third kappa shape index (κ3) is 4.08. The van der Waals surface area contributed by atoms with E-state index in [2.05, 4.69) is 20.5 Å². The third-order valence-corrected chi connectivity index (χ3v) is 6.03. The van der Waals surface area contributed by atoms with Gasteiger partial charge in [-0.05, 0) is 53.6 Å². The molecule has 0 saturated carbocycles. The van der Waals surface area contributed by atoms with Crippen molar-refractivity contribution in [1.29, 1.82) is 0 Å². The maximum absolute atomic E-state index is 10.8. The summed E-state index contributed by atoms with van der Waals surface area (Å²) in [6.45, 7) is 0. The molecule has 2 aromatic carbocycles. The van der Waals surface area contributed by atoms with Crippen LogP contribution in [0.4, 0.5) is 10.8 Å². The summed E-state index contributed by atoms with van der Waals surface area (Å²) in [4.78, 5) is 15.4. The second-order valence-electron chi connectivity index (χ2n) is 6.99. The number of hydrogen-bond acceptors (Lipinski definition) is 6. The number of nitrogens with zero attached hydrogens (tertiary/aromatic N) is 4. The lowest BCUT2D eigenvalue weighted by Crippen LogP contribution is -2.01. The highest BCUT2D eigenvalue weighted by molar-refractivity contribution is 7.22. The fourth-order valence-corrected chi connectivity index (χ4v) is 4.49. The first-order chi connectivity index (χ1) is 15.0. The van der Waals surface area contributed by atoms with Crippen molar-refractivity contribution in [2.75, 3.05) is 5.32 Å². The number of aryl methyl sites for hydroxylation is 1. The molecule has 0 spiro atoms. The van der Waals surface area contributed by atoms with Gasteiger partial charge in [0.2, 0.25) is 0 Å². The molecule has 0 radical (unpaired) electrons. The summed E-state index contributed by atoms with van der Waals surface area (Å²) >= 11 is 7.61. The van der Waals surface area contributed by atoms with Crippen molar-refractivity contribution in [3.05, 3.63) is 71.6 Å². The number of thiazole rings is 1. The molecule has 0 fully saturated rings. The molecular weight excluding hydrogens is 434 g/mol. The Labute approximate surface area is 186 Å². The van der Waals surface area contributed by atoms with Crippen LogP contribution in [0, 0.1) is 0 Å². The minimum absolute atomic E-state index is 0.0265. The number of anilines is 2. The monoisotopic (exact) mass is 449 g/mol. The molecule has 7 nitrogen and oxygen atoms in total. The van der Waals surface area contributed by atoms with Crippen LogP contribution in [0.25, 0.3) is 27.0 Å². The molecule has 0 unspecified atom stereocenters. The number of carbonyl (C=O) groups is 1. The molecule has 5 aromatic rings. The summed E-state index contributed by atoms with van der Waals surface area (Å²) in [6, 6.07) is 17.6. The minimum atomic E-state index is -0.850. The Bertz CT molecular complexity index is 1410. The summed E-state index contributed by atoms with van der Waals surface area (Å²) < 4.78 is 2.86. The average Bonchev–Trinajstić information content (AvgIpc) is 3.35. The number of carboxylic acids is 1. The standard InChI is InChI=1S/C22H16ClN5O2S/c23-15-3-6-17-18(12-15)31-22(25-17)24-16-4-1-13(2-5-16)14-9-10-28-19(7-8-21(29)30)26-27-20(28)11-14/h1-6,9-12H,7-8H2,(H,24,25)(H,29,30). The smallest absolute Gasteiger partial charge is 0.303 e. The average molecular weight is 450 g/mol.